The van der Waals surface area contributed by atoms with Gasteiger partial charge < -0.3 is 5.32 Å². The molecule has 0 radical (unpaired) electrons. The molecule has 1 aromatic carbocycles. The van der Waals surface area contributed by atoms with Gasteiger partial charge in [0.05, 0.1) is 0 Å². The summed E-state index contributed by atoms with van der Waals surface area (Å²) in [6, 6.07) is 15.9. The van der Waals surface area contributed by atoms with Gasteiger partial charge in [0.2, 0.25) is 0 Å². The minimum Gasteiger partial charge on any atom is -0.357 e. The number of pyridine rings is 1. The van der Waals surface area contributed by atoms with Crippen molar-refractivity contribution in [3.63, 3.8) is 0 Å². The van der Waals surface area contributed by atoms with Crippen LogP contribution >= 0.6 is 11.3 Å². The van der Waals surface area contributed by atoms with Gasteiger partial charge in [0.1, 0.15) is 28.6 Å². The molecule has 0 saturated carbocycles. The van der Waals surface area contributed by atoms with Crippen molar-refractivity contribution in [3.05, 3.63) is 75.9 Å². The second-order valence-corrected chi connectivity index (χ2v) is 5.76. The Kier molecular flexibility index (Phi) is 4.12. The normalized spacial score (nSPS) is 11.6. The van der Waals surface area contributed by atoms with Gasteiger partial charge in [-0.1, -0.05) is 36.4 Å². The Labute approximate surface area is 133 Å². The molecule has 2 aromatic heterocycles. The Hall–Kier alpha value is -2.71. The maximum absolute atomic E-state index is 9.13. The van der Waals surface area contributed by atoms with E-state index in [-0.39, 0.29) is 6.04 Å². The van der Waals surface area contributed by atoms with Gasteiger partial charge >= 0.3 is 0 Å². The van der Waals surface area contributed by atoms with Crippen LogP contribution in [0.15, 0.2) is 54.0 Å². The maximum Gasteiger partial charge on any atom is 0.145 e. The summed E-state index contributed by atoms with van der Waals surface area (Å²) in [7, 11) is 0. The monoisotopic (exact) mass is 306 g/mol. The van der Waals surface area contributed by atoms with E-state index in [1.165, 1.54) is 0 Å². The number of aryl methyl sites for hydroxylation is 1. The van der Waals surface area contributed by atoms with E-state index in [0.717, 1.165) is 16.1 Å². The van der Waals surface area contributed by atoms with Crippen LogP contribution in [0.4, 0.5) is 5.82 Å². The number of aromatic nitrogens is 2. The first kappa shape index (κ1) is 14.2. The van der Waals surface area contributed by atoms with Gasteiger partial charge in [-0.15, -0.1) is 11.3 Å². The van der Waals surface area contributed by atoms with Crippen LogP contribution in [0.25, 0.3) is 0 Å². The number of rotatable bonds is 4. The van der Waals surface area contributed by atoms with Gasteiger partial charge in [-0.05, 0) is 24.1 Å². The summed E-state index contributed by atoms with van der Waals surface area (Å²) in [6.07, 6.45) is 1.79. The lowest BCUT2D eigenvalue weighted by Crippen LogP contribution is -2.13. The van der Waals surface area contributed by atoms with Crippen molar-refractivity contribution in [3.8, 4) is 6.07 Å². The minimum absolute atomic E-state index is 0.0806. The summed E-state index contributed by atoms with van der Waals surface area (Å²) in [5, 5.41) is 15.4. The van der Waals surface area contributed by atoms with Gasteiger partial charge in [-0.25, -0.2) is 9.97 Å². The molecule has 1 N–H and O–H groups in total. The van der Waals surface area contributed by atoms with Gasteiger partial charge in [0.25, 0.3) is 0 Å². The fraction of sp³-hybridized carbons (Fsp3) is 0.118. The molecule has 0 saturated heterocycles. The summed E-state index contributed by atoms with van der Waals surface area (Å²) >= 11 is 1.59. The van der Waals surface area contributed by atoms with Crippen molar-refractivity contribution in [2.24, 2.45) is 0 Å². The lowest BCUT2D eigenvalue weighted by molar-refractivity contribution is 0.908. The van der Waals surface area contributed by atoms with Crippen LogP contribution in [0.5, 0.6) is 0 Å². The molecular formula is C17H14N4S. The van der Waals surface area contributed by atoms with Gasteiger partial charge in [-0.2, -0.15) is 5.26 Å². The number of hydrogen-bond acceptors (Lipinski definition) is 5. The third kappa shape index (κ3) is 2.97. The highest BCUT2D eigenvalue weighted by atomic mass is 32.1. The maximum atomic E-state index is 9.13. The van der Waals surface area contributed by atoms with Gasteiger partial charge in [0, 0.05) is 11.6 Å². The molecule has 1 unspecified atom stereocenters. The van der Waals surface area contributed by atoms with Crippen molar-refractivity contribution in [2.75, 3.05) is 5.32 Å². The Balaban J connectivity index is 1.96. The molecule has 0 amide bonds. The second kappa shape index (κ2) is 6.37. The third-order valence-electron chi connectivity index (χ3n) is 3.33. The molecule has 0 aliphatic heterocycles. The molecule has 22 heavy (non-hydrogen) atoms. The molecule has 0 spiro atoms. The number of nitriles is 1. The largest absolute Gasteiger partial charge is 0.357 e. The molecular weight excluding hydrogens is 292 g/mol. The molecule has 0 aliphatic rings. The predicted molar refractivity (Wildman–Crippen MR) is 87.7 cm³/mol. The van der Waals surface area contributed by atoms with E-state index >= 15 is 0 Å². The van der Waals surface area contributed by atoms with Crippen LogP contribution in [0.2, 0.25) is 0 Å². The molecule has 0 bridgehead atoms. The number of benzene rings is 1. The Morgan fingerprint density at radius 2 is 2.00 bits per heavy atom. The van der Waals surface area contributed by atoms with Crippen LogP contribution in [0.1, 0.15) is 27.9 Å². The van der Waals surface area contributed by atoms with E-state index in [9.17, 15) is 0 Å². The topological polar surface area (TPSA) is 61.6 Å². The van der Waals surface area contributed by atoms with Crippen molar-refractivity contribution < 1.29 is 0 Å². The highest BCUT2D eigenvalue weighted by molar-refractivity contribution is 7.09. The lowest BCUT2D eigenvalue weighted by atomic mass is 10.1. The smallest absolute Gasteiger partial charge is 0.145 e. The van der Waals surface area contributed by atoms with Crippen LogP contribution in [-0.2, 0) is 0 Å². The average Bonchev–Trinajstić information content (AvgIpc) is 3.09. The highest BCUT2D eigenvalue weighted by Crippen LogP contribution is 2.27. The molecule has 4 nitrogen and oxygen atoms in total. The van der Waals surface area contributed by atoms with Crippen molar-refractivity contribution in [2.45, 2.75) is 13.0 Å². The average molecular weight is 306 g/mol. The number of nitrogens with one attached hydrogen (secondary N) is 1. The summed E-state index contributed by atoms with van der Waals surface area (Å²) in [5.74, 6) is 0.672. The number of anilines is 1. The number of nitrogens with zero attached hydrogens (tertiary/aromatic N) is 3. The number of hydrogen-bond donors (Lipinski definition) is 1. The third-order valence-corrected chi connectivity index (χ3v) is 4.17. The predicted octanol–water partition coefficient (Wildman–Crippen LogP) is 3.92. The molecule has 108 valence electrons. The van der Waals surface area contributed by atoms with E-state index in [2.05, 4.69) is 33.5 Å². The van der Waals surface area contributed by atoms with Gasteiger partial charge in [-0.3, -0.25) is 0 Å². The van der Waals surface area contributed by atoms with Crippen LogP contribution < -0.4 is 5.32 Å². The standard InChI is InChI=1S/C17H14N4S/c1-12-7-8-15(20-14(12)11-18)21-16(17-19-9-10-22-17)13-5-3-2-4-6-13/h2-10,16H,1H3,(H,20,21). The summed E-state index contributed by atoms with van der Waals surface area (Å²) in [6.45, 7) is 1.88. The Bertz CT molecular complexity index is 791. The minimum atomic E-state index is -0.0806. The lowest BCUT2D eigenvalue weighted by Gasteiger charge is -2.18. The zero-order valence-electron chi connectivity index (χ0n) is 12.0. The fourth-order valence-corrected chi connectivity index (χ4v) is 2.89. The zero-order valence-corrected chi connectivity index (χ0v) is 12.8. The van der Waals surface area contributed by atoms with E-state index in [1.54, 1.807) is 17.5 Å². The van der Waals surface area contributed by atoms with Crippen LogP contribution in [-0.4, -0.2) is 9.97 Å². The van der Waals surface area contributed by atoms with Gasteiger partial charge in [0.15, 0.2) is 0 Å². The Morgan fingerprint density at radius 3 is 2.68 bits per heavy atom. The molecule has 0 fully saturated rings. The van der Waals surface area contributed by atoms with Crippen LogP contribution in [0.3, 0.4) is 0 Å². The number of thiazole rings is 1. The van der Waals surface area contributed by atoms with Crippen molar-refractivity contribution in [1.82, 2.24) is 9.97 Å². The molecule has 1 atom stereocenters. The molecule has 3 rings (SSSR count). The summed E-state index contributed by atoms with van der Waals surface area (Å²) < 4.78 is 0. The quantitative estimate of drug-likeness (QED) is 0.793. The van der Waals surface area contributed by atoms with E-state index in [4.69, 9.17) is 5.26 Å². The fourth-order valence-electron chi connectivity index (χ4n) is 2.18. The van der Waals surface area contributed by atoms with Crippen LogP contribution in [0, 0.1) is 18.3 Å². The summed E-state index contributed by atoms with van der Waals surface area (Å²) in [4.78, 5) is 8.78. The molecule has 3 aromatic rings. The first-order chi connectivity index (χ1) is 10.8. The highest BCUT2D eigenvalue weighted by Gasteiger charge is 2.17. The zero-order chi connectivity index (χ0) is 15.4. The van der Waals surface area contributed by atoms with Crippen molar-refractivity contribution >= 4 is 17.2 Å². The van der Waals surface area contributed by atoms with Crippen molar-refractivity contribution in [1.29, 1.82) is 5.26 Å². The Morgan fingerprint density at radius 1 is 1.18 bits per heavy atom. The van der Waals surface area contributed by atoms with E-state index in [1.807, 2.05) is 42.6 Å². The van der Waals surface area contributed by atoms with E-state index < -0.39 is 0 Å². The second-order valence-electron chi connectivity index (χ2n) is 4.83. The van der Waals surface area contributed by atoms with E-state index in [0.29, 0.717) is 11.5 Å². The first-order valence-corrected chi connectivity index (χ1v) is 7.74. The molecule has 5 heteroatoms. The molecule has 2 heterocycles. The molecule has 0 aliphatic carbocycles. The SMILES string of the molecule is Cc1ccc(NC(c2ccccc2)c2nccs2)nc1C#N. The summed E-state index contributed by atoms with van der Waals surface area (Å²) in [5.41, 5.74) is 2.42. The first-order valence-electron chi connectivity index (χ1n) is 6.86.